The molecule has 1 aliphatic carbocycles. The van der Waals surface area contributed by atoms with Crippen LogP contribution in [0.5, 0.6) is 0 Å². The van der Waals surface area contributed by atoms with Gasteiger partial charge in [-0.3, -0.25) is 9.59 Å². The van der Waals surface area contributed by atoms with Crippen LogP contribution in [0.2, 0.25) is 0 Å². The summed E-state index contributed by atoms with van der Waals surface area (Å²) in [7, 11) is 0. The van der Waals surface area contributed by atoms with E-state index >= 15 is 0 Å². The molecule has 1 fully saturated rings. The number of Topliss-reactive ketones (excluding diaryl/α,β-unsaturated/α-hetero) is 1. The number of hydrogen-bond acceptors (Lipinski definition) is 5. The maximum Gasteiger partial charge on any atom is 0.306 e. The van der Waals surface area contributed by atoms with Gasteiger partial charge in [0.15, 0.2) is 0 Å². The van der Waals surface area contributed by atoms with Crippen molar-refractivity contribution < 1.29 is 24.5 Å². The van der Waals surface area contributed by atoms with Gasteiger partial charge in [0.1, 0.15) is 5.78 Å². The lowest BCUT2D eigenvalue weighted by atomic mass is 9.86. The van der Waals surface area contributed by atoms with E-state index in [1.165, 1.54) is 19.3 Å². The Hall–Kier alpha value is -1.20. The third kappa shape index (κ3) is 11.3. The second-order valence-electron chi connectivity index (χ2n) is 9.08. The normalized spacial score (nSPS) is 24.1. The second kappa shape index (κ2) is 15.6. The van der Waals surface area contributed by atoms with Gasteiger partial charge in [0.2, 0.25) is 0 Å². The molecule has 5 heteroatoms. The highest BCUT2D eigenvalue weighted by atomic mass is 16.5. The molecular weight excluding hydrogens is 380 g/mol. The first-order valence-corrected chi connectivity index (χ1v) is 12.1. The zero-order valence-electron chi connectivity index (χ0n) is 19.4. The Morgan fingerprint density at radius 1 is 0.933 bits per heavy atom. The van der Waals surface area contributed by atoms with Gasteiger partial charge in [-0.25, -0.2) is 0 Å². The van der Waals surface area contributed by atoms with Gasteiger partial charge in [0.05, 0.1) is 18.3 Å². The highest BCUT2D eigenvalue weighted by molar-refractivity contribution is 5.78. The minimum absolute atomic E-state index is 0.000453. The Morgan fingerprint density at radius 3 is 2.33 bits per heavy atom. The molecule has 0 saturated heterocycles. The van der Waals surface area contributed by atoms with E-state index in [1.807, 2.05) is 26.0 Å². The van der Waals surface area contributed by atoms with Gasteiger partial charge in [-0.1, -0.05) is 44.8 Å². The summed E-state index contributed by atoms with van der Waals surface area (Å²) >= 11 is 0. The van der Waals surface area contributed by atoms with Crippen LogP contribution < -0.4 is 0 Å². The van der Waals surface area contributed by atoms with E-state index in [4.69, 9.17) is 4.74 Å². The van der Waals surface area contributed by atoms with Crippen LogP contribution in [0.25, 0.3) is 0 Å². The van der Waals surface area contributed by atoms with Crippen molar-refractivity contribution in [3.8, 4) is 0 Å². The first kappa shape index (κ1) is 26.8. The van der Waals surface area contributed by atoms with E-state index in [0.29, 0.717) is 38.5 Å². The van der Waals surface area contributed by atoms with Crippen LogP contribution >= 0.6 is 0 Å². The van der Waals surface area contributed by atoms with E-state index in [0.717, 1.165) is 25.7 Å². The van der Waals surface area contributed by atoms with E-state index < -0.39 is 12.2 Å². The lowest BCUT2D eigenvalue weighted by molar-refractivity contribution is -0.147. The average Bonchev–Trinajstić information content (AvgIpc) is 2.94. The summed E-state index contributed by atoms with van der Waals surface area (Å²) in [6.07, 6.45) is 13.5. The van der Waals surface area contributed by atoms with Crippen LogP contribution in [-0.4, -0.2) is 40.3 Å². The zero-order chi connectivity index (χ0) is 22.4. The number of aliphatic hydroxyl groups excluding tert-OH is 2. The quantitative estimate of drug-likeness (QED) is 0.204. The van der Waals surface area contributed by atoms with E-state index in [2.05, 4.69) is 6.92 Å². The lowest BCUT2D eigenvalue weighted by Gasteiger charge is -2.22. The summed E-state index contributed by atoms with van der Waals surface area (Å²) in [5.41, 5.74) is 0. The average molecular weight is 425 g/mol. The topological polar surface area (TPSA) is 83.8 Å². The van der Waals surface area contributed by atoms with Crippen LogP contribution in [0.4, 0.5) is 0 Å². The number of allylic oxidation sites excluding steroid dienone is 2. The Balaban J connectivity index is 2.30. The van der Waals surface area contributed by atoms with Crippen molar-refractivity contribution in [2.75, 3.05) is 0 Å². The molecule has 1 rings (SSSR count). The Morgan fingerprint density at radius 2 is 1.63 bits per heavy atom. The van der Waals surface area contributed by atoms with Crippen LogP contribution in [0.3, 0.4) is 0 Å². The lowest BCUT2D eigenvalue weighted by Crippen LogP contribution is -2.22. The predicted octanol–water partition coefficient (Wildman–Crippen LogP) is 5.12. The maximum atomic E-state index is 12.2. The summed E-state index contributed by atoms with van der Waals surface area (Å²) in [5.74, 6) is 0.0970. The maximum absolute atomic E-state index is 12.2. The van der Waals surface area contributed by atoms with Crippen LogP contribution in [0.1, 0.15) is 104 Å². The standard InChI is InChI=1S/C25H44O5/c1-4-5-6-7-10-13-20(26)16-17-22-21(23(27)18-24(22)28)14-11-8-9-12-15-25(29)30-19(2)3/h8,11,19,21-24,27-28H,4-7,9-10,12-18H2,1-3H3/t21?,22-,23+,24-/m1/s1. The van der Waals surface area contributed by atoms with Gasteiger partial charge in [0, 0.05) is 19.3 Å². The highest BCUT2D eigenvalue weighted by Crippen LogP contribution is 2.38. The summed E-state index contributed by atoms with van der Waals surface area (Å²) < 4.78 is 5.11. The minimum atomic E-state index is -0.526. The number of unbranched alkanes of at least 4 members (excludes halogenated alkanes) is 5. The van der Waals surface area contributed by atoms with Gasteiger partial charge < -0.3 is 14.9 Å². The molecule has 0 radical (unpaired) electrons. The molecule has 2 N–H and O–H groups in total. The summed E-state index contributed by atoms with van der Waals surface area (Å²) in [6, 6.07) is 0. The summed E-state index contributed by atoms with van der Waals surface area (Å²) in [5, 5.41) is 20.7. The van der Waals surface area contributed by atoms with Crippen LogP contribution in [-0.2, 0) is 14.3 Å². The van der Waals surface area contributed by atoms with Crippen LogP contribution in [0, 0.1) is 11.8 Å². The molecule has 0 aromatic heterocycles. The Kier molecular flexibility index (Phi) is 13.9. The number of carbonyl (C=O) groups excluding carboxylic acids is 2. The molecule has 5 nitrogen and oxygen atoms in total. The number of aliphatic hydroxyl groups is 2. The van der Waals surface area contributed by atoms with Gasteiger partial charge in [-0.15, -0.1) is 0 Å². The third-order valence-corrected chi connectivity index (χ3v) is 6.03. The van der Waals surface area contributed by atoms with Crippen molar-refractivity contribution in [1.29, 1.82) is 0 Å². The van der Waals surface area contributed by atoms with Gasteiger partial charge >= 0.3 is 5.97 Å². The first-order valence-electron chi connectivity index (χ1n) is 12.1. The second-order valence-corrected chi connectivity index (χ2v) is 9.08. The highest BCUT2D eigenvalue weighted by Gasteiger charge is 2.40. The van der Waals surface area contributed by atoms with Crippen molar-refractivity contribution in [3.05, 3.63) is 12.2 Å². The summed E-state index contributed by atoms with van der Waals surface area (Å²) in [6.45, 7) is 5.87. The number of ether oxygens (including phenoxy) is 1. The molecule has 1 aliphatic rings. The number of ketones is 1. The number of rotatable bonds is 16. The fourth-order valence-electron chi connectivity index (χ4n) is 4.34. The van der Waals surface area contributed by atoms with Gasteiger partial charge in [-0.2, -0.15) is 0 Å². The first-order chi connectivity index (χ1) is 14.3. The van der Waals surface area contributed by atoms with E-state index in [9.17, 15) is 19.8 Å². The molecule has 30 heavy (non-hydrogen) atoms. The molecule has 0 amide bonds. The van der Waals surface area contributed by atoms with Gasteiger partial charge in [0.25, 0.3) is 0 Å². The molecule has 0 heterocycles. The van der Waals surface area contributed by atoms with Crippen molar-refractivity contribution in [3.63, 3.8) is 0 Å². The monoisotopic (exact) mass is 424 g/mol. The van der Waals surface area contributed by atoms with Crippen molar-refractivity contribution in [2.24, 2.45) is 11.8 Å². The molecule has 0 aromatic rings. The SMILES string of the molecule is CCCCCCCC(=O)CC[C@@H]1C(CC=CCCCC(=O)OC(C)C)[C@@H](O)C[C@H]1O. The third-order valence-electron chi connectivity index (χ3n) is 6.03. The molecule has 0 spiro atoms. The molecule has 174 valence electrons. The molecule has 4 atom stereocenters. The predicted molar refractivity (Wildman–Crippen MR) is 120 cm³/mol. The van der Waals surface area contributed by atoms with E-state index in [1.54, 1.807) is 0 Å². The number of carbonyl (C=O) groups is 2. The Bertz CT molecular complexity index is 514. The summed E-state index contributed by atoms with van der Waals surface area (Å²) in [4.78, 5) is 23.7. The van der Waals surface area contributed by atoms with Crippen molar-refractivity contribution >= 4 is 11.8 Å². The van der Waals surface area contributed by atoms with Crippen molar-refractivity contribution in [2.45, 2.75) is 123 Å². The fourth-order valence-corrected chi connectivity index (χ4v) is 4.34. The molecule has 1 saturated carbocycles. The van der Waals surface area contributed by atoms with Crippen molar-refractivity contribution in [1.82, 2.24) is 0 Å². The molecule has 0 aromatic carbocycles. The number of esters is 1. The smallest absolute Gasteiger partial charge is 0.306 e. The molecular formula is C25H44O5. The van der Waals surface area contributed by atoms with Gasteiger partial charge in [-0.05, 0) is 64.2 Å². The Labute approximate surface area is 183 Å². The minimum Gasteiger partial charge on any atom is -0.463 e. The molecule has 1 unspecified atom stereocenters. The fraction of sp³-hybridized carbons (Fsp3) is 0.840. The molecule has 0 aliphatic heterocycles. The molecule has 0 bridgehead atoms. The number of hydrogen-bond donors (Lipinski definition) is 2. The van der Waals surface area contributed by atoms with E-state index in [-0.39, 0.29) is 29.7 Å². The largest absolute Gasteiger partial charge is 0.463 e. The van der Waals surface area contributed by atoms with Crippen LogP contribution in [0.15, 0.2) is 12.2 Å². The zero-order valence-corrected chi connectivity index (χ0v) is 19.4.